The van der Waals surface area contributed by atoms with Crippen LogP contribution in [0.3, 0.4) is 0 Å². The zero-order valence-corrected chi connectivity index (χ0v) is 11.2. The molecule has 3 nitrogen and oxygen atoms in total. The summed E-state index contributed by atoms with van der Waals surface area (Å²) in [5.41, 5.74) is 6.87. The zero-order valence-electron chi connectivity index (χ0n) is 9.66. The summed E-state index contributed by atoms with van der Waals surface area (Å²) < 4.78 is 1.02. The lowest BCUT2D eigenvalue weighted by Crippen LogP contribution is -2.28. The first-order valence-electron chi connectivity index (χ1n) is 5.94. The summed E-state index contributed by atoms with van der Waals surface area (Å²) in [6.07, 6.45) is 2.72. The van der Waals surface area contributed by atoms with E-state index in [0.29, 0.717) is 19.0 Å². The maximum atomic E-state index is 11.7. The van der Waals surface area contributed by atoms with Gasteiger partial charge in [0.05, 0.1) is 0 Å². The zero-order chi connectivity index (χ0) is 12.3. The lowest BCUT2D eigenvalue weighted by Gasteiger charge is -2.15. The van der Waals surface area contributed by atoms with Gasteiger partial charge in [-0.1, -0.05) is 28.1 Å². The molecule has 1 amide bonds. The van der Waals surface area contributed by atoms with Crippen molar-refractivity contribution in [2.75, 3.05) is 6.54 Å². The molecule has 0 bridgehead atoms. The second-order valence-electron chi connectivity index (χ2n) is 4.53. The van der Waals surface area contributed by atoms with E-state index < -0.39 is 0 Å². The number of halogens is 1. The molecule has 1 atom stereocenters. The third kappa shape index (κ3) is 3.82. The van der Waals surface area contributed by atoms with Gasteiger partial charge in [0.2, 0.25) is 5.91 Å². The average Bonchev–Trinajstić information content (AvgIpc) is 3.09. The summed E-state index contributed by atoms with van der Waals surface area (Å²) in [7, 11) is 0. The topological polar surface area (TPSA) is 55.1 Å². The molecule has 0 heterocycles. The van der Waals surface area contributed by atoms with Gasteiger partial charge in [-0.25, -0.2) is 0 Å². The molecule has 1 aromatic rings. The Morgan fingerprint density at radius 3 is 2.88 bits per heavy atom. The quantitative estimate of drug-likeness (QED) is 0.875. The molecule has 1 aliphatic rings. The van der Waals surface area contributed by atoms with Gasteiger partial charge in [-0.05, 0) is 37.1 Å². The second-order valence-corrected chi connectivity index (χ2v) is 5.45. The largest absolute Gasteiger partial charge is 0.353 e. The minimum absolute atomic E-state index is 0.103. The molecule has 2 rings (SSSR count). The first-order chi connectivity index (χ1) is 8.19. The average molecular weight is 297 g/mol. The van der Waals surface area contributed by atoms with Gasteiger partial charge < -0.3 is 11.1 Å². The van der Waals surface area contributed by atoms with Crippen LogP contribution >= 0.6 is 15.9 Å². The maximum absolute atomic E-state index is 11.7. The summed E-state index contributed by atoms with van der Waals surface area (Å²) in [6, 6.07) is 8.42. The lowest BCUT2D eigenvalue weighted by atomic mass is 9.95. The number of benzene rings is 1. The number of hydrogen-bond donors (Lipinski definition) is 2. The van der Waals surface area contributed by atoms with Crippen molar-refractivity contribution in [1.82, 2.24) is 5.32 Å². The molecule has 1 aromatic carbocycles. The van der Waals surface area contributed by atoms with E-state index in [0.717, 1.165) is 22.9 Å². The van der Waals surface area contributed by atoms with Crippen LogP contribution in [0.1, 0.15) is 30.7 Å². The van der Waals surface area contributed by atoms with E-state index in [2.05, 4.69) is 21.2 Å². The first-order valence-corrected chi connectivity index (χ1v) is 6.73. The number of nitrogens with one attached hydrogen (secondary N) is 1. The van der Waals surface area contributed by atoms with Crippen LogP contribution < -0.4 is 11.1 Å². The Labute approximate surface area is 110 Å². The van der Waals surface area contributed by atoms with Crippen LogP contribution in [0.5, 0.6) is 0 Å². The fourth-order valence-electron chi connectivity index (χ4n) is 1.84. The highest BCUT2D eigenvalue weighted by Gasteiger charge is 2.24. The molecule has 0 aromatic heterocycles. The van der Waals surface area contributed by atoms with Gasteiger partial charge in [0.25, 0.3) is 0 Å². The Morgan fingerprint density at radius 2 is 2.29 bits per heavy atom. The van der Waals surface area contributed by atoms with Crippen LogP contribution in [0.2, 0.25) is 0 Å². The van der Waals surface area contributed by atoms with Crippen LogP contribution in [-0.4, -0.2) is 18.5 Å². The summed E-state index contributed by atoms with van der Waals surface area (Å²) in [5, 5.41) is 3.00. The summed E-state index contributed by atoms with van der Waals surface area (Å²) in [6.45, 7) is 0.495. The fraction of sp³-hybridized carbons (Fsp3) is 0.462. The van der Waals surface area contributed by atoms with Gasteiger partial charge >= 0.3 is 0 Å². The molecular formula is C13H17BrN2O. The van der Waals surface area contributed by atoms with Crippen molar-refractivity contribution in [2.45, 2.75) is 31.2 Å². The third-order valence-electron chi connectivity index (χ3n) is 2.98. The predicted octanol–water partition coefficient (Wildman–Crippen LogP) is 2.16. The predicted molar refractivity (Wildman–Crippen MR) is 71.7 cm³/mol. The minimum Gasteiger partial charge on any atom is -0.353 e. The molecule has 17 heavy (non-hydrogen) atoms. The highest BCUT2D eigenvalue weighted by atomic mass is 79.9. The van der Waals surface area contributed by atoms with E-state index >= 15 is 0 Å². The van der Waals surface area contributed by atoms with E-state index in [1.165, 1.54) is 0 Å². The normalized spacial score (nSPS) is 16.6. The highest BCUT2D eigenvalue weighted by molar-refractivity contribution is 9.10. The standard InChI is InChI=1S/C13H17BrN2O/c14-11-3-1-2-9(6-11)10(8-15)7-13(17)16-12-4-5-12/h1-3,6,10,12H,4-5,7-8,15H2,(H,16,17). The third-order valence-corrected chi connectivity index (χ3v) is 3.47. The minimum atomic E-state index is 0.103. The van der Waals surface area contributed by atoms with Crippen molar-refractivity contribution < 1.29 is 4.79 Å². The Bertz CT molecular complexity index is 404. The smallest absolute Gasteiger partial charge is 0.220 e. The van der Waals surface area contributed by atoms with Crippen molar-refractivity contribution in [3.63, 3.8) is 0 Å². The maximum Gasteiger partial charge on any atom is 0.220 e. The van der Waals surface area contributed by atoms with Crippen LogP contribution in [0.4, 0.5) is 0 Å². The first kappa shape index (κ1) is 12.6. The van der Waals surface area contributed by atoms with E-state index in [1.807, 2.05) is 24.3 Å². The number of rotatable bonds is 5. The SMILES string of the molecule is NCC(CC(=O)NC1CC1)c1cccc(Br)c1. The highest BCUT2D eigenvalue weighted by Crippen LogP contribution is 2.23. The van der Waals surface area contributed by atoms with Crippen molar-refractivity contribution in [2.24, 2.45) is 5.73 Å². The summed E-state index contributed by atoms with van der Waals surface area (Å²) in [4.78, 5) is 11.7. The molecule has 92 valence electrons. The Balaban J connectivity index is 1.97. The number of carbonyl (C=O) groups is 1. The van der Waals surface area contributed by atoms with Gasteiger partial charge in [-0.3, -0.25) is 4.79 Å². The number of hydrogen-bond acceptors (Lipinski definition) is 2. The molecule has 1 saturated carbocycles. The summed E-state index contributed by atoms with van der Waals surface area (Å²) >= 11 is 3.43. The van der Waals surface area contributed by atoms with Crippen LogP contribution in [0.25, 0.3) is 0 Å². The molecule has 1 unspecified atom stereocenters. The number of nitrogens with two attached hydrogens (primary N) is 1. The molecule has 0 aliphatic heterocycles. The molecule has 0 radical (unpaired) electrons. The Kier molecular flexibility index (Phi) is 4.18. The lowest BCUT2D eigenvalue weighted by molar-refractivity contribution is -0.121. The van der Waals surface area contributed by atoms with Crippen molar-refractivity contribution in [1.29, 1.82) is 0 Å². The Morgan fingerprint density at radius 1 is 1.53 bits per heavy atom. The molecule has 0 spiro atoms. The van der Waals surface area contributed by atoms with Crippen LogP contribution in [0, 0.1) is 0 Å². The molecular weight excluding hydrogens is 280 g/mol. The molecule has 0 saturated heterocycles. The monoisotopic (exact) mass is 296 g/mol. The van der Waals surface area contributed by atoms with Gasteiger partial charge in [0, 0.05) is 22.9 Å². The van der Waals surface area contributed by atoms with E-state index in [4.69, 9.17) is 5.73 Å². The van der Waals surface area contributed by atoms with Gasteiger partial charge in [-0.15, -0.1) is 0 Å². The van der Waals surface area contributed by atoms with Crippen LogP contribution in [-0.2, 0) is 4.79 Å². The summed E-state index contributed by atoms with van der Waals surface area (Å²) in [5.74, 6) is 0.217. The molecule has 1 fully saturated rings. The van der Waals surface area contributed by atoms with Gasteiger partial charge in [0.1, 0.15) is 0 Å². The van der Waals surface area contributed by atoms with E-state index in [-0.39, 0.29) is 11.8 Å². The second kappa shape index (κ2) is 5.65. The van der Waals surface area contributed by atoms with E-state index in [9.17, 15) is 4.79 Å². The van der Waals surface area contributed by atoms with Gasteiger partial charge in [-0.2, -0.15) is 0 Å². The Hall–Kier alpha value is -0.870. The number of carbonyl (C=O) groups excluding carboxylic acids is 1. The molecule has 4 heteroatoms. The number of amides is 1. The molecule has 1 aliphatic carbocycles. The van der Waals surface area contributed by atoms with Gasteiger partial charge in [0.15, 0.2) is 0 Å². The van der Waals surface area contributed by atoms with Crippen molar-refractivity contribution in [3.8, 4) is 0 Å². The van der Waals surface area contributed by atoms with Crippen molar-refractivity contribution >= 4 is 21.8 Å². The van der Waals surface area contributed by atoms with Crippen LogP contribution in [0.15, 0.2) is 28.7 Å². The van der Waals surface area contributed by atoms with E-state index in [1.54, 1.807) is 0 Å². The van der Waals surface area contributed by atoms with Crippen molar-refractivity contribution in [3.05, 3.63) is 34.3 Å². The fourth-order valence-corrected chi connectivity index (χ4v) is 2.25. The molecule has 3 N–H and O–H groups in total.